The highest BCUT2D eigenvalue weighted by Gasteiger charge is 2.18. The van der Waals surface area contributed by atoms with Crippen molar-refractivity contribution in [1.29, 1.82) is 0 Å². The predicted molar refractivity (Wildman–Crippen MR) is 119 cm³/mol. The monoisotopic (exact) mass is 380 g/mol. The van der Waals surface area contributed by atoms with Crippen molar-refractivity contribution in [2.75, 3.05) is 0 Å². The molecular formula is C26H24N2O. The molecule has 3 rings (SSSR count). The minimum atomic E-state index is -0.139. The number of nitrogens with one attached hydrogen (secondary N) is 1. The van der Waals surface area contributed by atoms with E-state index in [9.17, 15) is 4.79 Å². The summed E-state index contributed by atoms with van der Waals surface area (Å²) in [5.74, 6) is 0.0682. The van der Waals surface area contributed by atoms with Gasteiger partial charge in [-0.1, -0.05) is 97.4 Å². The van der Waals surface area contributed by atoms with E-state index < -0.39 is 0 Å². The van der Waals surface area contributed by atoms with Crippen molar-refractivity contribution in [2.24, 2.45) is 5.92 Å². The second-order valence-corrected chi connectivity index (χ2v) is 7.10. The van der Waals surface area contributed by atoms with E-state index in [1.54, 1.807) is 0 Å². The van der Waals surface area contributed by atoms with Crippen LogP contribution in [0.4, 0.5) is 5.69 Å². The van der Waals surface area contributed by atoms with E-state index in [1.165, 1.54) is 0 Å². The van der Waals surface area contributed by atoms with Crippen LogP contribution in [0, 0.1) is 12.5 Å². The van der Waals surface area contributed by atoms with Gasteiger partial charge in [-0.15, -0.1) is 0 Å². The molecule has 144 valence electrons. The number of hydrogen-bond acceptors (Lipinski definition) is 1. The number of hydrogen-bond donors (Lipinski definition) is 1. The Morgan fingerprint density at radius 1 is 1.00 bits per heavy atom. The van der Waals surface area contributed by atoms with E-state index in [-0.39, 0.29) is 17.9 Å². The lowest BCUT2D eigenvalue weighted by molar-refractivity contribution is 0.0935. The average molecular weight is 380 g/mol. The van der Waals surface area contributed by atoms with Crippen molar-refractivity contribution in [2.45, 2.75) is 19.4 Å². The molecule has 1 amide bonds. The third-order valence-corrected chi connectivity index (χ3v) is 4.84. The van der Waals surface area contributed by atoms with Crippen molar-refractivity contribution in [3.8, 4) is 0 Å². The van der Waals surface area contributed by atoms with Crippen LogP contribution in [0.5, 0.6) is 0 Å². The summed E-state index contributed by atoms with van der Waals surface area (Å²) in [7, 11) is 0. The number of amides is 1. The number of benzene rings is 3. The Morgan fingerprint density at radius 3 is 2.38 bits per heavy atom. The molecule has 29 heavy (non-hydrogen) atoms. The zero-order valence-electron chi connectivity index (χ0n) is 16.5. The van der Waals surface area contributed by atoms with E-state index in [0.717, 1.165) is 17.5 Å². The molecule has 0 aliphatic heterocycles. The zero-order chi connectivity index (χ0) is 20.5. The van der Waals surface area contributed by atoms with Gasteiger partial charge in [0, 0.05) is 5.56 Å². The number of carbonyl (C=O) groups excluding carboxylic acids is 1. The van der Waals surface area contributed by atoms with Crippen molar-refractivity contribution in [3.05, 3.63) is 119 Å². The van der Waals surface area contributed by atoms with Crippen LogP contribution in [0.2, 0.25) is 0 Å². The quantitative estimate of drug-likeness (QED) is 0.507. The summed E-state index contributed by atoms with van der Waals surface area (Å²) in [5, 5.41) is 3.17. The second-order valence-electron chi connectivity index (χ2n) is 7.10. The molecule has 1 N–H and O–H groups in total. The number of nitrogens with zero attached hydrogens (tertiary/aromatic N) is 1. The Labute approximate surface area is 172 Å². The van der Waals surface area contributed by atoms with Gasteiger partial charge in [-0.05, 0) is 30.0 Å². The summed E-state index contributed by atoms with van der Waals surface area (Å²) in [6.45, 7) is 9.33. The van der Waals surface area contributed by atoms with Crippen molar-refractivity contribution in [3.63, 3.8) is 0 Å². The molecule has 3 nitrogen and oxygen atoms in total. The molecular weight excluding hydrogens is 356 g/mol. The maximum absolute atomic E-state index is 12.7. The molecule has 2 atom stereocenters. The van der Waals surface area contributed by atoms with Crippen molar-refractivity contribution in [1.82, 2.24) is 5.32 Å². The molecule has 3 aromatic rings. The summed E-state index contributed by atoms with van der Waals surface area (Å²) < 4.78 is 0. The summed E-state index contributed by atoms with van der Waals surface area (Å²) >= 11 is 0. The van der Waals surface area contributed by atoms with Crippen LogP contribution in [-0.4, -0.2) is 11.9 Å². The van der Waals surface area contributed by atoms with E-state index >= 15 is 0 Å². The summed E-state index contributed by atoms with van der Waals surface area (Å²) in [6, 6.07) is 26.8. The van der Waals surface area contributed by atoms with Crippen molar-refractivity contribution >= 4 is 17.7 Å². The molecule has 0 spiro atoms. The Morgan fingerprint density at radius 2 is 1.69 bits per heavy atom. The molecule has 0 aliphatic rings. The maximum atomic E-state index is 12.7. The van der Waals surface area contributed by atoms with Gasteiger partial charge in [-0.3, -0.25) is 4.79 Å². The van der Waals surface area contributed by atoms with Gasteiger partial charge in [0.15, 0.2) is 5.69 Å². The van der Waals surface area contributed by atoms with Gasteiger partial charge < -0.3 is 5.32 Å². The molecule has 0 aromatic heterocycles. The van der Waals surface area contributed by atoms with Crippen molar-refractivity contribution < 1.29 is 4.79 Å². The van der Waals surface area contributed by atoms with Gasteiger partial charge in [0.1, 0.15) is 0 Å². The molecule has 0 radical (unpaired) electrons. The highest BCUT2D eigenvalue weighted by atomic mass is 16.1. The third kappa shape index (κ3) is 5.92. The lowest BCUT2D eigenvalue weighted by Crippen LogP contribution is -2.38. The van der Waals surface area contributed by atoms with Crippen LogP contribution in [0.15, 0.2) is 91.0 Å². The molecule has 0 fully saturated rings. The van der Waals surface area contributed by atoms with Crippen LogP contribution >= 0.6 is 0 Å². The fourth-order valence-electron chi connectivity index (χ4n) is 3.23. The molecule has 0 saturated heterocycles. The first-order chi connectivity index (χ1) is 14.2. The van der Waals surface area contributed by atoms with Crippen LogP contribution in [0.1, 0.15) is 28.4 Å². The molecule has 0 saturated carbocycles. The molecule has 1 unspecified atom stereocenters. The molecule has 3 aromatic carbocycles. The lowest BCUT2D eigenvalue weighted by atomic mass is 9.92. The van der Waals surface area contributed by atoms with Gasteiger partial charge >= 0.3 is 0 Å². The van der Waals surface area contributed by atoms with Gasteiger partial charge in [0.2, 0.25) is 0 Å². The minimum absolute atomic E-state index is 0.0879. The normalized spacial score (nSPS) is 12.8. The third-order valence-electron chi connectivity index (χ3n) is 4.84. The van der Waals surface area contributed by atoms with Gasteiger partial charge in [-0.2, -0.15) is 0 Å². The number of carbonyl (C=O) groups is 1. The first-order valence-electron chi connectivity index (χ1n) is 9.71. The molecule has 0 aliphatic carbocycles. The SMILES string of the molecule is [C-]#[N+]c1cccc(C[C@@H](C)C(/C=C/c2ccccc2)NC(=O)c2ccccc2)c1. The predicted octanol–water partition coefficient (Wildman–Crippen LogP) is 5.93. The molecule has 3 heteroatoms. The Hall–Kier alpha value is -3.64. The Kier molecular flexibility index (Phi) is 6.97. The minimum Gasteiger partial charge on any atom is -0.346 e. The fourth-order valence-corrected chi connectivity index (χ4v) is 3.23. The highest BCUT2D eigenvalue weighted by Crippen LogP contribution is 2.19. The largest absolute Gasteiger partial charge is 0.346 e. The Balaban J connectivity index is 1.79. The zero-order valence-corrected chi connectivity index (χ0v) is 16.5. The average Bonchev–Trinajstić information content (AvgIpc) is 2.77. The smallest absolute Gasteiger partial charge is 0.251 e. The van der Waals surface area contributed by atoms with Crippen LogP contribution in [0.3, 0.4) is 0 Å². The number of rotatable bonds is 7. The van der Waals surface area contributed by atoms with E-state index in [1.807, 2.05) is 91.0 Å². The van der Waals surface area contributed by atoms with Gasteiger partial charge in [-0.25, -0.2) is 4.85 Å². The summed E-state index contributed by atoms with van der Waals surface area (Å²) in [6.07, 6.45) is 4.86. The topological polar surface area (TPSA) is 33.5 Å². The standard InChI is InChI=1S/C26H24N2O/c1-20(18-22-12-9-15-24(19-22)27-2)25(17-16-21-10-5-3-6-11-21)28-26(29)23-13-7-4-8-14-23/h3-17,19-20,25H,18H2,1H3,(H,28,29)/b17-16+/t20-,25?/m1/s1. The van der Waals surface area contributed by atoms with Gasteiger partial charge in [0.05, 0.1) is 12.6 Å². The second kappa shape index (κ2) is 10.1. The maximum Gasteiger partial charge on any atom is 0.251 e. The Bertz CT molecular complexity index is 1000. The molecule has 0 bridgehead atoms. The first kappa shape index (κ1) is 20.1. The first-order valence-corrected chi connectivity index (χ1v) is 9.71. The lowest BCUT2D eigenvalue weighted by Gasteiger charge is -2.23. The van der Waals surface area contributed by atoms with Crippen LogP contribution in [-0.2, 0) is 6.42 Å². The van der Waals surface area contributed by atoms with E-state index in [0.29, 0.717) is 11.3 Å². The fraction of sp³-hybridized carbons (Fsp3) is 0.154. The highest BCUT2D eigenvalue weighted by molar-refractivity contribution is 5.94. The molecule has 0 heterocycles. The van der Waals surface area contributed by atoms with E-state index in [4.69, 9.17) is 6.57 Å². The summed E-state index contributed by atoms with van der Waals surface area (Å²) in [5.41, 5.74) is 3.47. The van der Waals surface area contributed by atoms with Gasteiger partial charge in [0.25, 0.3) is 5.91 Å². The van der Waals surface area contributed by atoms with E-state index in [2.05, 4.69) is 23.2 Å². The van der Waals surface area contributed by atoms with Crippen LogP contribution in [0.25, 0.3) is 10.9 Å². The van der Waals surface area contributed by atoms with Crippen LogP contribution < -0.4 is 5.32 Å². The summed E-state index contributed by atoms with van der Waals surface area (Å²) in [4.78, 5) is 16.3.